The number of carbonyl (C=O) groups excluding carboxylic acids is 1. The minimum atomic E-state index is -0.405. The van der Waals surface area contributed by atoms with Gasteiger partial charge in [0.05, 0.1) is 6.61 Å². The zero-order valence-electron chi connectivity index (χ0n) is 6.91. The van der Waals surface area contributed by atoms with Gasteiger partial charge in [-0.15, -0.1) is 0 Å². The molecule has 12 heavy (non-hydrogen) atoms. The van der Waals surface area contributed by atoms with Crippen molar-refractivity contribution in [2.45, 2.75) is 13.3 Å². The molecule has 0 aliphatic carbocycles. The lowest BCUT2D eigenvalue weighted by Gasteiger charge is -2.00. The number of hydrogen-bond acceptors (Lipinski definition) is 3. The number of nitrogens with zero attached hydrogens (tertiary/aromatic N) is 1. The van der Waals surface area contributed by atoms with Crippen LogP contribution in [0.5, 0.6) is 0 Å². The van der Waals surface area contributed by atoms with Gasteiger partial charge in [0.2, 0.25) is 0 Å². The summed E-state index contributed by atoms with van der Waals surface area (Å²) in [5.41, 5.74) is 0.242. The van der Waals surface area contributed by atoms with E-state index in [9.17, 15) is 4.79 Å². The van der Waals surface area contributed by atoms with Gasteiger partial charge in [0.1, 0.15) is 0 Å². The SMILES string of the molecule is CCCOC(=O)c1[c]cccn1. The molecule has 0 bridgehead atoms. The van der Waals surface area contributed by atoms with Crippen LogP contribution in [0.4, 0.5) is 0 Å². The Morgan fingerprint density at radius 3 is 3.17 bits per heavy atom. The minimum absolute atomic E-state index is 0.242. The molecule has 1 heterocycles. The van der Waals surface area contributed by atoms with Crippen molar-refractivity contribution in [1.29, 1.82) is 0 Å². The standard InChI is InChI=1S/C9H10NO2/c1-2-7-12-9(11)8-5-3-4-6-10-8/h3-4,6H,2,7H2,1H3. The van der Waals surface area contributed by atoms with Gasteiger partial charge < -0.3 is 4.74 Å². The summed E-state index contributed by atoms with van der Waals surface area (Å²) in [4.78, 5) is 14.9. The minimum Gasteiger partial charge on any atom is -0.461 e. The number of rotatable bonds is 3. The van der Waals surface area contributed by atoms with Crippen molar-refractivity contribution in [2.75, 3.05) is 6.61 Å². The number of aromatic nitrogens is 1. The van der Waals surface area contributed by atoms with Crippen molar-refractivity contribution in [3.63, 3.8) is 0 Å². The third-order valence-electron chi connectivity index (χ3n) is 1.24. The Labute approximate surface area is 71.4 Å². The Bertz CT molecular complexity index is 246. The van der Waals surface area contributed by atoms with Gasteiger partial charge in [-0.25, -0.2) is 9.78 Å². The first-order valence-electron chi connectivity index (χ1n) is 3.84. The number of esters is 1. The Balaban J connectivity index is 2.54. The monoisotopic (exact) mass is 164 g/mol. The second-order valence-corrected chi connectivity index (χ2v) is 2.27. The van der Waals surface area contributed by atoms with E-state index in [-0.39, 0.29) is 5.69 Å². The summed E-state index contributed by atoms with van der Waals surface area (Å²) in [5, 5.41) is 0. The van der Waals surface area contributed by atoms with Crippen LogP contribution in [0.25, 0.3) is 0 Å². The molecule has 0 saturated heterocycles. The van der Waals surface area contributed by atoms with E-state index in [0.29, 0.717) is 6.61 Å². The van der Waals surface area contributed by atoms with E-state index in [2.05, 4.69) is 11.1 Å². The van der Waals surface area contributed by atoms with Crippen molar-refractivity contribution < 1.29 is 9.53 Å². The van der Waals surface area contributed by atoms with Crippen LogP contribution in [0, 0.1) is 6.07 Å². The van der Waals surface area contributed by atoms with Crippen LogP contribution >= 0.6 is 0 Å². The molecule has 1 aromatic rings. The van der Waals surface area contributed by atoms with Gasteiger partial charge in [0.15, 0.2) is 5.69 Å². The fourth-order valence-corrected chi connectivity index (χ4v) is 0.700. The van der Waals surface area contributed by atoms with E-state index < -0.39 is 5.97 Å². The van der Waals surface area contributed by atoms with Gasteiger partial charge in [0, 0.05) is 12.3 Å². The number of carbonyl (C=O) groups is 1. The summed E-state index contributed by atoms with van der Waals surface area (Å²) >= 11 is 0. The third-order valence-corrected chi connectivity index (χ3v) is 1.24. The predicted molar refractivity (Wildman–Crippen MR) is 43.6 cm³/mol. The third kappa shape index (κ3) is 2.34. The highest BCUT2D eigenvalue weighted by Crippen LogP contribution is 1.95. The number of pyridine rings is 1. The van der Waals surface area contributed by atoms with Crippen molar-refractivity contribution in [3.8, 4) is 0 Å². The lowest BCUT2D eigenvalue weighted by atomic mass is 10.3. The number of hydrogen-bond donors (Lipinski definition) is 0. The summed E-state index contributed by atoms with van der Waals surface area (Å²) in [7, 11) is 0. The summed E-state index contributed by atoms with van der Waals surface area (Å²) in [6, 6.07) is 6.03. The fourth-order valence-electron chi connectivity index (χ4n) is 0.700. The molecule has 0 fully saturated rings. The van der Waals surface area contributed by atoms with Crippen molar-refractivity contribution in [1.82, 2.24) is 4.98 Å². The van der Waals surface area contributed by atoms with Crippen LogP contribution in [0.15, 0.2) is 18.3 Å². The lowest BCUT2D eigenvalue weighted by molar-refractivity contribution is 0.0498. The highest BCUT2D eigenvalue weighted by atomic mass is 16.5. The van der Waals surface area contributed by atoms with Crippen LogP contribution in [0.2, 0.25) is 0 Å². The summed E-state index contributed by atoms with van der Waals surface area (Å²) < 4.78 is 4.84. The van der Waals surface area contributed by atoms with E-state index in [1.54, 1.807) is 18.3 Å². The van der Waals surface area contributed by atoms with Crippen LogP contribution < -0.4 is 0 Å². The summed E-state index contributed by atoms with van der Waals surface area (Å²) in [5.74, 6) is -0.405. The lowest BCUT2D eigenvalue weighted by Crippen LogP contribution is -2.07. The molecule has 0 spiro atoms. The highest BCUT2D eigenvalue weighted by Gasteiger charge is 2.06. The Hall–Kier alpha value is -1.38. The fraction of sp³-hybridized carbons (Fsp3) is 0.333. The zero-order chi connectivity index (χ0) is 8.81. The van der Waals surface area contributed by atoms with E-state index in [0.717, 1.165) is 6.42 Å². The van der Waals surface area contributed by atoms with Crippen LogP contribution in [0.3, 0.4) is 0 Å². The smallest absolute Gasteiger partial charge is 0.357 e. The van der Waals surface area contributed by atoms with E-state index >= 15 is 0 Å². The highest BCUT2D eigenvalue weighted by molar-refractivity contribution is 5.86. The van der Waals surface area contributed by atoms with Gasteiger partial charge in [-0.1, -0.05) is 13.0 Å². The van der Waals surface area contributed by atoms with Gasteiger partial charge in [-0.3, -0.25) is 0 Å². The topological polar surface area (TPSA) is 39.2 Å². The normalized spacial score (nSPS) is 9.42. The molecule has 0 amide bonds. The molecule has 0 saturated carbocycles. The molecule has 1 radical (unpaired) electrons. The zero-order valence-corrected chi connectivity index (χ0v) is 6.91. The van der Waals surface area contributed by atoms with E-state index in [1.165, 1.54) is 0 Å². The second kappa shape index (κ2) is 4.49. The van der Waals surface area contributed by atoms with Gasteiger partial charge in [0.25, 0.3) is 0 Å². The number of ether oxygens (including phenoxy) is 1. The van der Waals surface area contributed by atoms with Crippen LogP contribution in [-0.2, 0) is 4.74 Å². The van der Waals surface area contributed by atoms with Crippen LogP contribution in [0.1, 0.15) is 23.8 Å². The van der Waals surface area contributed by atoms with Crippen molar-refractivity contribution >= 4 is 5.97 Å². The maximum absolute atomic E-state index is 11.1. The van der Waals surface area contributed by atoms with Gasteiger partial charge in [-0.2, -0.15) is 0 Å². The molecule has 0 aliphatic rings. The van der Waals surface area contributed by atoms with Gasteiger partial charge in [-0.05, 0) is 12.5 Å². The molecule has 3 nitrogen and oxygen atoms in total. The molecule has 63 valence electrons. The average Bonchev–Trinajstić information content (AvgIpc) is 2.15. The van der Waals surface area contributed by atoms with E-state index in [1.807, 2.05) is 6.92 Å². The molecule has 0 aliphatic heterocycles. The van der Waals surface area contributed by atoms with E-state index in [4.69, 9.17) is 4.74 Å². The second-order valence-electron chi connectivity index (χ2n) is 2.27. The Morgan fingerprint density at radius 1 is 1.75 bits per heavy atom. The summed E-state index contributed by atoms with van der Waals surface area (Å²) in [6.45, 7) is 2.37. The maximum atomic E-state index is 11.1. The molecule has 3 heteroatoms. The van der Waals surface area contributed by atoms with Gasteiger partial charge >= 0.3 is 5.97 Å². The largest absolute Gasteiger partial charge is 0.461 e. The first kappa shape index (κ1) is 8.71. The quantitative estimate of drug-likeness (QED) is 0.635. The molecular formula is C9H10NO2. The predicted octanol–water partition coefficient (Wildman–Crippen LogP) is 1.45. The first-order valence-corrected chi connectivity index (χ1v) is 3.84. The molecule has 0 N–H and O–H groups in total. The molecule has 0 atom stereocenters. The van der Waals surface area contributed by atoms with Crippen molar-refractivity contribution in [2.24, 2.45) is 0 Å². The molecule has 1 aromatic heterocycles. The molecule has 0 aromatic carbocycles. The average molecular weight is 164 g/mol. The Morgan fingerprint density at radius 2 is 2.58 bits per heavy atom. The molecule has 1 rings (SSSR count). The van der Waals surface area contributed by atoms with Crippen LogP contribution in [-0.4, -0.2) is 17.6 Å². The first-order chi connectivity index (χ1) is 5.84. The maximum Gasteiger partial charge on any atom is 0.357 e. The molecular weight excluding hydrogens is 154 g/mol. The summed E-state index contributed by atoms with van der Waals surface area (Å²) in [6.07, 6.45) is 2.36. The Kier molecular flexibility index (Phi) is 3.26. The molecule has 0 unspecified atom stereocenters. The van der Waals surface area contributed by atoms with Crippen molar-refractivity contribution in [3.05, 3.63) is 30.1 Å².